The molecule has 1 fully saturated rings. The predicted molar refractivity (Wildman–Crippen MR) is 81.2 cm³/mol. The van der Waals surface area contributed by atoms with Gasteiger partial charge in [-0.3, -0.25) is 0 Å². The van der Waals surface area contributed by atoms with Crippen LogP contribution in [0.15, 0.2) is 30.3 Å². The monoisotopic (exact) mass is 272 g/mol. The van der Waals surface area contributed by atoms with E-state index in [0.29, 0.717) is 12.5 Å². The van der Waals surface area contributed by atoms with Gasteiger partial charge in [0.05, 0.1) is 10.7 Å². The van der Waals surface area contributed by atoms with Crippen LogP contribution >= 0.6 is 11.3 Å². The van der Waals surface area contributed by atoms with E-state index < -0.39 is 0 Å². The van der Waals surface area contributed by atoms with Gasteiger partial charge in [-0.1, -0.05) is 43.7 Å². The highest BCUT2D eigenvalue weighted by Gasteiger charge is 2.26. The Morgan fingerprint density at radius 3 is 2.68 bits per heavy atom. The molecule has 19 heavy (non-hydrogen) atoms. The van der Waals surface area contributed by atoms with Crippen molar-refractivity contribution in [1.29, 1.82) is 0 Å². The first-order valence-corrected chi connectivity index (χ1v) is 7.84. The van der Waals surface area contributed by atoms with E-state index in [2.05, 4.69) is 31.2 Å². The number of nitrogens with two attached hydrogens (primary N) is 1. The van der Waals surface area contributed by atoms with Crippen LogP contribution < -0.4 is 5.73 Å². The fourth-order valence-corrected chi connectivity index (χ4v) is 4.05. The van der Waals surface area contributed by atoms with Crippen LogP contribution in [0.25, 0.3) is 11.3 Å². The Labute approximate surface area is 118 Å². The molecule has 0 amide bonds. The Bertz CT molecular complexity index is 547. The zero-order valence-corrected chi connectivity index (χ0v) is 12.1. The topological polar surface area (TPSA) is 38.9 Å². The molecule has 1 heterocycles. The van der Waals surface area contributed by atoms with Crippen LogP contribution in [-0.2, 0) is 6.54 Å². The summed E-state index contributed by atoms with van der Waals surface area (Å²) < 4.78 is 0. The van der Waals surface area contributed by atoms with Crippen molar-refractivity contribution < 1.29 is 0 Å². The highest BCUT2D eigenvalue weighted by molar-refractivity contribution is 7.12. The molecular weight excluding hydrogens is 252 g/mol. The number of rotatable bonds is 3. The molecule has 2 unspecified atom stereocenters. The van der Waals surface area contributed by atoms with Gasteiger partial charge >= 0.3 is 0 Å². The van der Waals surface area contributed by atoms with Crippen molar-refractivity contribution in [3.63, 3.8) is 0 Å². The molecule has 1 aliphatic rings. The van der Waals surface area contributed by atoms with E-state index in [1.807, 2.05) is 17.4 Å². The zero-order chi connectivity index (χ0) is 13.2. The maximum Gasteiger partial charge on any atom is 0.0966 e. The van der Waals surface area contributed by atoms with Crippen LogP contribution in [0.3, 0.4) is 0 Å². The normalized spacial score (nSPS) is 22.8. The van der Waals surface area contributed by atoms with Gasteiger partial charge in [0.15, 0.2) is 0 Å². The molecule has 3 heteroatoms. The van der Waals surface area contributed by atoms with Crippen LogP contribution in [-0.4, -0.2) is 4.98 Å². The first-order valence-electron chi connectivity index (χ1n) is 7.03. The Hall–Kier alpha value is -1.19. The summed E-state index contributed by atoms with van der Waals surface area (Å²) in [7, 11) is 0. The van der Waals surface area contributed by atoms with E-state index in [1.54, 1.807) is 0 Å². The predicted octanol–water partition coefficient (Wildman–Crippen LogP) is 4.17. The third kappa shape index (κ3) is 2.58. The summed E-state index contributed by atoms with van der Waals surface area (Å²) in [5, 5.41) is 1.30. The SMILES string of the molecule is CC1CCC(c2nc(-c3ccccc3)c(CN)s2)C1. The van der Waals surface area contributed by atoms with Gasteiger partial charge in [0.1, 0.15) is 0 Å². The molecule has 0 bridgehead atoms. The van der Waals surface area contributed by atoms with Crippen molar-refractivity contribution in [3.05, 3.63) is 40.2 Å². The van der Waals surface area contributed by atoms with Crippen LogP contribution in [0.5, 0.6) is 0 Å². The van der Waals surface area contributed by atoms with E-state index >= 15 is 0 Å². The van der Waals surface area contributed by atoms with E-state index in [0.717, 1.165) is 11.6 Å². The summed E-state index contributed by atoms with van der Waals surface area (Å²) >= 11 is 1.82. The smallest absolute Gasteiger partial charge is 0.0966 e. The standard InChI is InChI=1S/C16H20N2S/c1-11-7-8-13(9-11)16-18-15(14(10-17)19-16)12-5-3-2-4-6-12/h2-6,11,13H,7-10,17H2,1H3. The molecule has 2 aromatic rings. The summed E-state index contributed by atoms with van der Waals surface area (Å²) in [5.41, 5.74) is 8.19. The molecule has 2 N–H and O–H groups in total. The van der Waals surface area contributed by atoms with Crippen LogP contribution in [0.1, 0.15) is 42.0 Å². The molecule has 1 aliphatic carbocycles. The minimum absolute atomic E-state index is 0.587. The van der Waals surface area contributed by atoms with Crippen molar-refractivity contribution in [2.45, 2.75) is 38.6 Å². The summed E-state index contributed by atoms with van der Waals surface area (Å²) in [5.74, 6) is 1.50. The fourth-order valence-electron chi connectivity index (χ4n) is 2.94. The van der Waals surface area contributed by atoms with Crippen molar-refractivity contribution in [3.8, 4) is 11.3 Å². The number of thiazole rings is 1. The molecule has 0 aliphatic heterocycles. The molecular formula is C16H20N2S. The third-order valence-electron chi connectivity index (χ3n) is 3.99. The Morgan fingerprint density at radius 1 is 1.26 bits per heavy atom. The van der Waals surface area contributed by atoms with Crippen molar-refractivity contribution >= 4 is 11.3 Å². The number of nitrogens with zero attached hydrogens (tertiary/aromatic N) is 1. The summed E-state index contributed by atoms with van der Waals surface area (Å²) in [6.07, 6.45) is 3.90. The highest BCUT2D eigenvalue weighted by atomic mass is 32.1. The number of benzene rings is 1. The molecule has 0 radical (unpaired) electrons. The minimum atomic E-state index is 0.587. The lowest BCUT2D eigenvalue weighted by Crippen LogP contribution is -1.95. The van der Waals surface area contributed by atoms with Gasteiger partial charge < -0.3 is 5.73 Å². The van der Waals surface area contributed by atoms with Crippen molar-refractivity contribution in [1.82, 2.24) is 4.98 Å². The molecule has 1 aromatic carbocycles. The number of aromatic nitrogens is 1. The first-order chi connectivity index (χ1) is 9.28. The summed E-state index contributed by atoms with van der Waals surface area (Å²) in [6, 6.07) is 10.4. The second-order valence-electron chi connectivity index (χ2n) is 5.51. The first kappa shape index (κ1) is 12.8. The maximum absolute atomic E-state index is 5.90. The van der Waals surface area contributed by atoms with Gasteiger partial charge in [-0.05, 0) is 18.8 Å². The van der Waals surface area contributed by atoms with Gasteiger partial charge in [0.2, 0.25) is 0 Å². The molecule has 100 valence electrons. The van der Waals surface area contributed by atoms with Gasteiger partial charge in [0.25, 0.3) is 0 Å². The van der Waals surface area contributed by atoms with Gasteiger partial charge in [0, 0.05) is 22.9 Å². The molecule has 1 saturated carbocycles. The average molecular weight is 272 g/mol. The fraction of sp³-hybridized carbons (Fsp3) is 0.438. The highest BCUT2D eigenvalue weighted by Crippen LogP contribution is 2.41. The van der Waals surface area contributed by atoms with Gasteiger partial charge in [-0.15, -0.1) is 11.3 Å². The molecule has 0 spiro atoms. The lowest BCUT2D eigenvalue weighted by molar-refractivity contribution is 0.596. The second kappa shape index (κ2) is 5.43. The van der Waals surface area contributed by atoms with E-state index in [-0.39, 0.29) is 0 Å². The molecule has 1 aromatic heterocycles. The van der Waals surface area contributed by atoms with E-state index in [9.17, 15) is 0 Å². The van der Waals surface area contributed by atoms with Crippen molar-refractivity contribution in [2.24, 2.45) is 11.7 Å². The molecule has 3 rings (SSSR count). The Balaban J connectivity index is 1.95. The van der Waals surface area contributed by atoms with E-state index in [4.69, 9.17) is 10.7 Å². The average Bonchev–Trinajstić information content (AvgIpc) is 3.05. The van der Waals surface area contributed by atoms with Crippen LogP contribution in [0, 0.1) is 5.92 Å². The minimum Gasteiger partial charge on any atom is -0.326 e. The zero-order valence-electron chi connectivity index (χ0n) is 11.3. The second-order valence-corrected chi connectivity index (χ2v) is 6.62. The Kier molecular flexibility index (Phi) is 3.67. The summed E-state index contributed by atoms with van der Waals surface area (Å²) in [4.78, 5) is 6.13. The third-order valence-corrected chi connectivity index (χ3v) is 5.23. The number of hydrogen-bond acceptors (Lipinski definition) is 3. The largest absolute Gasteiger partial charge is 0.326 e. The van der Waals surface area contributed by atoms with Crippen LogP contribution in [0.4, 0.5) is 0 Å². The Morgan fingerprint density at radius 2 is 2.05 bits per heavy atom. The molecule has 0 saturated heterocycles. The van der Waals surface area contributed by atoms with Crippen molar-refractivity contribution in [2.75, 3.05) is 0 Å². The van der Waals surface area contributed by atoms with Gasteiger partial charge in [-0.25, -0.2) is 4.98 Å². The number of hydrogen-bond donors (Lipinski definition) is 1. The lowest BCUT2D eigenvalue weighted by Gasteiger charge is -2.04. The van der Waals surface area contributed by atoms with Gasteiger partial charge in [-0.2, -0.15) is 0 Å². The van der Waals surface area contributed by atoms with E-state index in [1.165, 1.54) is 34.7 Å². The molecule has 2 atom stereocenters. The van der Waals surface area contributed by atoms with Crippen LogP contribution in [0.2, 0.25) is 0 Å². The summed E-state index contributed by atoms with van der Waals surface area (Å²) in [6.45, 7) is 2.93. The molecule has 2 nitrogen and oxygen atoms in total. The quantitative estimate of drug-likeness (QED) is 0.910. The maximum atomic E-state index is 5.90. The lowest BCUT2D eigenvalue weighted by atomic mass is 10.1.